The molecular formula is C27H34FN7O. The number of aromatic amines is 1. The number of H-pyrrole nitrogens is 1. The third kappa shape index (κ3) is 3.76. The van der Waals surface area contributed by atoms with Gasteiger partial charge in [-0.15, -0.1) is 0 Å². The molecule has 2 aliphatic rings. The quantitative estimate of drug-likeness (QED) is 0.455. The normalized spacial score (nSPS) is 18.2. The molecule has 190 valence electrons. The predicted octanol–water partition coefficient (Wildman–Crippen LogP) is 4.45. The van der Waals surface area contributed by atoms with Crippen molar-refractivity contribution in [3.63, 3.8) is 0 Å². The molecule has 2 saturated heterocycles. The first-order chi connectivity index (χ1) is 17.4. The molecule has 2 aliphatic heterocycles. The standard InChI is InChI=1S/C27H34FN7O/c1-16(2)22-23-21(32-25(22)20-14-35-26(30-15-31-35)18(4)17(20)3)13-29-27(24(23)28)34-9-7-33(8-10-34)19-5-11-36-12-6-19/h13-16,19,32H,5-12H2,1-4H3. The zero-order chi connectivity index (χ0) is 25.0. The number of aromatic nitrogens is 5. The minimum absolute atomic E-state index is 0.120. The molecule has 4 aromatic rings. The number of nitrogens with zero attached hydrogens (tertiary/aromatic N) is 6. The maximum atomic E-state index is 16.3. The van der Waals surface area contributed by atoms with E-state index in [1.165, 1.54) is 0 Å². The van der Waals surface area contributed by atoms with E-state index in [1.54, 1.807) is 17.0 Å². The zero-order valence-electron chi connectivity index (χ0n) is 21.5. The highest BCUT2D eigenvalue weighted by Gasteiger charge is 2.29. The van der Waals surface area contributed by atoms with Crippen molar-refractivity contribution in [1.29, 1.82) is 0 Å². The smallest absolute Gasteiger partial charge is 0.175 e. The van der Waals surface area contributed by atoms with E-state index in [0.717, 1.165) is 91.3 Å². The molecule has 0 atom stereocenters. The van der Waals surface area contributed by atoms with Crippen LogP contribution in [0.1, 0.15) is 49.3 Å². The van der Waals surface area contributed by atoms with Crippen LogP contribution in [-0.2, 0) is 4.74 Å². The van der Waals surface area contributed by atoms with E-state index in [4.69, 9.17) is 4.74 Å². The van der Waals surface area contributed by atoms with Crippen molar-refractivity contribution in [2.24, 2.45) is 0 Å². The number of ether oxygens (including phenoxy) is 1. The number of fused-ring (bicyclic) bond motifs is 2. The maximum Gasteiger partial charge on any atom is 0.175 e. The molecule has 9 heteroatoms. The molecule has 36 heavy (non-hydrogen) atoms. The average Bonchev–Trinajstić information content (AvgIpc) is 3.52. The number of aryl methyl sites for hydroxylation is 1. The Morgan fingerprint density at radius 1 is 1.06 bits per heavy atom. The Hall–Kier alpha value is -3.04. The van der Waals surface area contributed by atoms with Gasteiger partial charge in [0.15, 0.2) is 17.3 Å². The summed E-state index contributed by atoms with van der Waals surface area (Å²) in [5.41, 5.74) is 6.67. The Labute approximate surface area is 210 Å². The summed E-state index contributed by atoms with van der Waals surface area (Å²) in [7, 11) is 0. The number of nitrogens with one attached hydrogen (secondary N) is 1. The van der Waals surface area contributed by atoms with E-state index in [0.29, 0.717) is 17.2 Å². The Morgan fingerprint density at radius 3 is 2.53 bits per heavy atom. The van der Waals surface area contributed by atoms with Gasteiger partial charge in [0, 0.05) is 62.6 Å². The fourth-order valence-corrected chi connectivity index (χ4v) is 5.98. The first kappa shape index (κ1) is 23.4. The lowest BCUT2D eigenvalue weighted by molar-refractivity contribution is 0.0320. The molecule has 0 aliphatic carbocycles. The lowest BCUT2D eigenvalue weighted by Gasteiger charge is -2.41. The van der Waals surface area contributed by atoms with Crippen LogP contribution in [0.15, 0.2) is 18.7 Å². The van der Waals surface area contributed by atoms with Crippen LogP contribution < -0.4 is 4.90 Å². The maximum absolute atomic E-state index is 16.3. The van der Waals surface area contributed by atoms with E-state index in [1.807, 2.05) is 6.20 Å². The molecule has 1 N–H and O–H groups in total. The number of hydrogen-bond donors (Lipinski definition) is 1. The molecule has 0 spiro atoms. The second-order valence-corrected chi connectivity index (χ2v) is 10.4. The second-order valence-electron chi connectivity index (χ2n) is 10.4. The molecule has 6 heterocycles. The van der Waals surface area contributed by atoms with Gasteiger partial charge >= 0.3 is 0 Å². The van der Waals surface area contributed by atoms with Crippen LogP contribution in [0.4, 0.5) is 10.2 Å². The Morgan fingerprint density at radius 2 is 1.81 bits per heavy atom. The topological polar surface area (TPSA) is 74.6 Å². The monoisotopic (exact) mass is 491 g/mol. The number of anilines is 1. The molecular weight excluding hydrogens is 457 g/mol. The first-order valence-corrected chi connectivity index (χ1v) is 13.0. The highest BCUT2D eigenvalue weighted by molar-refractivity contribution is 5.94. The van der Waals surface area contributed by atoms with E-state index in [9.17, 15) is 0 Å². The lowest BCUT2D eigenvalue weighted by Crippen LogP contribution is -2.52. The summed E-state index contributed by atoms with van der Waals surface area (Å²) < 4.78 is 23.6. The molecule has 0 amide bonds. The molecule has 2 fully saturated rings. The summed E-state index contributed by atoms with van der Waals surface area (Å²) in [6, 6.07) is 0.579. The Balaban J connectivity index is 1.38. The first-order valence-electron chi connectivity index (χ1n) is 13.0. The largest absolute Gasteiger partial charge is 0.381 e. The average molecular weight is 492 g/mol. The SMILES string of the molecule is Cc1c(-c2[nH]c3cnc(N4CCN(C5CCOCC5)CC4)c(F)c3c2C(C)C)cn2ncnc2c1C. The number of piperazine rings is 1. The molecule has 0 saturated carbocycles. The summed E-state index contributed by atoms with van der Waals surface area (Å²) in [5, 5.41) is 5.00. The van der Waals surface area contributed by atoms with Crippen molar-refractivity contribution in [2.45, 2.75) is 52.5 Å². The number of halogens is 1. The van der Waals surface area contributed by atoms with E-state index < -0.39 is 0 Å². The Bertz CT molecular complexity index is 1410. The molecule has 0 radical (unpaired) electrons. The van der Waals surface area contributed by atoms with Crippen molar-refractivity contribution < 1.29 is 9.13 Å². The third-order valence-electron chi connectivity index (χ3n) is 8.09. The van der Waals surface area contributed by atoms with Gasteiger partial charge in [-0.25, -0.2) is 18.9 Å². The van der Waals surface area contributed by atoms with Gasteiger partial charge in [0.25, 0.3) is 0 Å². The molecule has 0 aromatic carbocycles. The van der Waals surface area contributed by atoms with E-state index >= 15 is 4.39 Å². The third-order valence-corrected chi connectivity index (χ3v) is 8.09. The van der Waals surface area contributed by atoms with Gasteiger partial charge in [-0.05, 0) is 49.3 Å². The van der Waals surface area contributed by atoms with Crippen molar-refractivity contribution >= 4 is 22.4 Å². The summed E-state index contributed by atoms with van der Waals surface area (Å²) in [6.45, 7) is 13.5. The molecule has 8 nitrogen and oxygen atoms in total. The van der Waals surface area contributed by atoms with E-state index in [2.05, 4.69) is 57.5 Å². The second kappa shape index (κ2) is 9.12. The van der Waals surface area contributed by atoms with Crippen LogP contribution in [0.2, 0.25) is 0 Å². The van der Waals surface area contributed by atoms with Crippen molar-refractivity contribution in [1.82, 2.24) is 29.5 Å². The fraction of sp³-hybridized carbons (Fsp3) is 0.519. The van der Waals surface area contributed by atoms with Crippen molar-refractivity contribution in [3.8, 4) is 11.3 Å². The number of rotatable bonds is 4. The van der Waals surface area contributed by atoms with Crippen LogP contribution in [-0.4, -0.2) is 74.9 Å². The minimum Gasteiger partial charge on any atom is -0.381 e. The number of pyridine rings is 2. The highest BCUT2D eigenvalue weighted by Crippen LogP contribution is 2.40. The lowest BCUT2D eigenvalue weighted by atomic mass is 9.94. The van der Waals surface area contributed by atoms with Crippen LogP contribution >= 0.6 is 0 Å². The van der Waals surface area contributed by atoms with E-state index in [-0.39, 0.29) is 11.7 Å². The highest BCUT2D eigenvalue weighted by atomic mass is 19.1. The minimum atomic E-state index is -0.227. The van der Waals surface area contributed by atoms with Gasteiger partial charge in [-0.2, -0.15) is 5.10 Å². The van der Waals surface area contributed by atoms with Crippen molar-refractivity contribution in [2.75, 3.05) is 44.3 Å². The van der Waals surface area contributed by atoms with Gasteiger partial charge in [0.2, 0.25) is 0 Å². The summed E-state index contributed by atoms with van der Waals surface area (Å²) in [6.07, 6.45) is 7.52. The summed E-state index contributed by atoms with van der Waals surface area (Å²) in [5.74, 6) is 0.352. The Kier molecular flexibility index (Phi) is 5.92. The van der Waals surface area contributed by atoms with Crippen LogP contribution in [0.25, 0.3) is 27.8 Å². The molecule has 6 rings (SSSR count). The van der Waals surface area contributed by atoms with Crippen LogP contribution in [0.5, 0.6) is 0 Å². The van der Waals surface area contributed by atoms with Crippen LogP contribution in [0, 0.1) is 19.7 Å². The van der Waals surface area contributed by atoms with Gasteiger partial charge in [0.1, 0.15) is 6.33 Å². The van der Waals surface area contributed by atoms with Gasteiger partial charge in [-0.1, -0.05) is 13.8 Å². The van der Waals surface area contributed by atoms with Gasteiger partial charge in [0.05, 0.1) is 17.4 Å². The summed E-state index contributed by atoms with van der Waals surface area (Å²) in [4.78, 5) is 17.1. The van der Waals surface area contributed by atoms with Crippen LogP contribution in [0.3, 0.4) is 0 Å². The van der Waals surface area contributed by atoms with Gasteiger partial charge < -0.3 is 14.6 Å². The fourth-order valence-electron chi connectivity index (χ4n) is 5.98. The molecule has 0 unspecified atom stereocenters. The summed E-state index contributed by atoms with van der Waals surface area (Å²) >= 11 is 0. The molecule has 4 aromatic heterocycles. The number of hydrogen-bond acceptors (Lipinski definition) is 6. The zero-order valence-corrected chi connectivity index (χ0v) is 21.5. The van der Waals surface area contributed by atoms with Gasteiger partial charge in [-0.3, -0.25) is 4.90 Å². The predicted molar refractivity (Wildman–Crippen MR) is 139 cm³/mol. The molecule has 0 bridgehead atoms. The van der Waals surface area contributed by atoms with Crippen molar-refractivity contribution in [3.05, 3.63) is 41.2 Å².